The topological polar surface area (TPSA) is 17.1 Å². The van der Waals surface area contributed by atoms with Gasteiger partial charge in [-0.3, -0.25) is 4.79 Å². The Morgan fingerprint density at radius 2 is 1.50 bits per heavy atom. The number of rotatable bonds is 3. The molecule has 20 heavy (non-hydrogen) atoms. The number of aryl methyl sites for hydroxylation is 3. The molecule has 0 radical (unpaired) electrons. The second kappa shape index (κ2) is 5.62. The minimum absolute atomic E-state index is 0.220. The molecule has 2 aromatic carbocycles. The van der Waals surface area contributed by atoms with Gasteiger partial charge in [0.25, 0.3) is 0 Å². The van der Waals surface area contributed by atoms with Crippen molar-refractivity contribution in [2.24, 2.45) is 0 Å². The fourth-order valence-corrected chi connectivity index (χ4v) is 2.73. The monoisotopic (exact) mass is 266 g/mol. The van der Waals surface area contributed by atoms with Gasteiger partial charge in [0, 0.05) is 12.0 Å². The molecule has 1 heteroatoms. The zero-order valence-electron chi connectivity index (χ0n) is 13.0. The Labute approximate surface area is 121 Å². The number of carbonyl (C=O) groups excluding carboxylic acids is 1. The van der Waals surface area contributed by atoms with E-state index in [2.05, 4.69) is 39.0 Å². The standard InChI is InChI=1S/C19H22O/c1-12-7-6-8-17(9-12)11-18(20)19-15(4)13(2)10-14(3)16(19)5/h6-10H,11H2,1-5H3. The van der Waals surface area contributed by atoms with Crippen LogP contribution in [-0.2, 0) is 6.42 Å². The molecule has 0 saturated carbocycles. The predicted molar refractivity (Wildman–Crippen MR) is 84.6 cm³/mol. The third-order valence-electron chi connectivity index (χ3n) is 4.09. The van der Waals surface area contributed by atoms with Crippen LogP contribution in [0.2, 0.25) is 0 Å². The summed E-state index contributed by atoms with van der Waals surface area (Å²) in [5.74, 6) is 0.220. The third-order valence-corrected chi connectivity index (χ3v) is 4.09. The molecule has 0 bridgehead atoms. The van der Waals surface area contributed by atoms with Gasteiger partial charge in [0.05, 0.1) is 0 Å². The lowest BCUT2D eigenvalue weighted by atomic mass is 9.89. The predicted octanol–water partition coefficient (Wildman–Crippen LogP) is 4.65. The van der Waals surface area contributed by atoms with Crippen LogP contribution in [0.5, 0.6) is 0 Å². The van der Waals surface area contributed by atoms with Crippen LogP contribution in [0.25, 0.3) is 0 Å². The molecule has 0 aliphatic carbocycles. The van der Waals surface area contributed by atoms with E-state index in [9.17, 15) is 4.79 Å². The van der Waals surface area contributed by atoms with Crippen molar-refractivity contribution in [3.05, 3.63) is 69.3 Å². The number of benzene rings is 2. The first-order valence-electron chi connectivity index (χ1n) is 7.06. The molecular weight excluding hydrogens is 244 g/mol. The molecule has 0 unspecified atom stereocenters. The van der Waals surface area contributed by atoms with E-state index in [1.54, 1.807) is 0 Å². The average molecular weight is 266 g/mol. The third kappa shape index (κ3) is 2.82. The van der Waals surface area contributed by atoms with Gasteiger partial charge in [-0.2, -0.15) is 0 Å². The van der Waals surface area contributed by atoms with Gasteiger partial charge in [0.15, 0.2) is 5.78 Å². The van der Waals surface area contributed by atoms with Crippen molar-refractivity contribution in [1.82, 2.24) is 0 Å². The Hall–Kier alpha value is -1.89. The molecule has 0 saturated heterocycles. The Morgan fingerprint density at radius 3 is 2.05 bits per heavy atom. The van der Waals surface area contributed by atoms with Crippen LogP contribution in [0.3, 0.4) is 0 Å². The van der Waals surface area contributed by atoms with E-state index in [1.807, 2.05) is 26.0 Å². The summed E-state index contributed by atoms with van der Waals surface area (Å²) >= 11 is 0. The largest absolute Gasteiger partial charge is 0.294 e. The molecule has 0 aliphatic rings. The van der Waals surface area contributed by atoms with E-state index in [0.717, 1.165) is 22.3 Å². The second-order valence-corrected chi connectivity index (χ2v) is 5.72. The summed E-state index contributed by atoms with van der Waals surface area (Å²) in [6.07, 6.45) is 0.478. The zero-order chi connectivity index (χ0) is 14.9. The maximum absolute atomic E-state index is 12.7. The zero-order valence-corrected chi connectivity index (χ0v) is 13.0. The van der Waals surface area contributed by atoms with Crippen LogP contribution in [0.1, 0.15) is 43.7 Å². The highest BCUT2D eigenvalue weighted by Gasteiger charge is 2.16. The number of Topliss-reactive ketones (excluding diaryl/α,β-unsaturated/α-hetero) is 1. The van der Waals surface area contributed by atoms with Crippen LogP contribution in [0.15, 0.2) is 30.3 Å². The van der Waals surface area contributed by atoms with E-state index in [0.29, 0.717) is 6.42 Å². The Bertz CT molecular complexity index is 639. The molecule has 104 valence electrons. The van der Waals surface area contributed by atoms with Crippen molar-refractivity contribution in [3.63, 3.8) is 0 Å². The van der Waals surface area contributed by atoms with Gasteiger partial charge in [0.1, 0.15) is 0 Å². The number of ketones is 1. The Balaban J connectivity index is 2.39. The van der Waals surface area contributed by atoms with Crippen molar-refractivity contribution in [2.75, 3.05) is 0 Å². The Kier molecular flexibility index (Phi) is 4.08. The summed E-state index contributed by atoms with van der Waals surface area (Å²) in [6.45, 7) is 10.3. The highest BCUT2D eigenvalue weighted by molar-refractivity contribution is 6.00. The van der Waals surface area contributed by atoms with Crippen molar-refractivity contribution >= 4 is 5.78 Å². The minimum Gasteiger partial charge on any atom is -0.294 e. The van der Waals surface area contributed by atoms with E-state index in [-0.39, 0.29) is 5.78 Å². The van der Waals surface area contributed by atoms with Crippen LogP contribution in [-0.4, -0.2) is 5.78 Å². The smallest absolute Gasteiger partial charge is 0.167 e. The van der Waals surface area contributed by atoms with Gasteiger partial charge in [-0.05, 0) is 62.4 Å². The quantitative estimate of drug-likeness (QED) is 0.739. The second-order valence-electron chi connectivity index (χ2n) is 5.72. The lowest BCUT2D eigenvalue weighted by Crippen LogP contribution is -2.10. The van der Waals surface area contributed by atoms with E-state index in [1.165, 1.54) is 16.7 Å². The fourth-order valence-electron chi connectivity index (χ4n) is 2.73. The minimum atomic E-state index is 0.220. The molecule has 0 spiro atoms. The molecule has 2 rings (SSSR count). The van der Waals surface area contributed by atoms with Crippen molar-refractivity contribution in [3.8, 4) is 0 Å². The molecule has 0 heterocycles. The van der Waals surface area contributed by atoms with E-state index in [4.69, 9.17) is 0 Å². The first-order valence-corrected chi connectivity index (χ1v) is 7.06. The fraction of sp³-hybridized carbons (Fsp3) is 0.316. The van der Waals surface area contributed by atoms with Gasteiger partial charge >= 0.3 is 0 Å². The van der Waals surface area contributed by atoms with Crippen molar-refractivity contribution in [1.29, 1.82) is 0 Å². The van der Waals surface area contributed by atoms with Crippen LogP contribution >= 0.6 is 0 Å². The first-order chi connectivity index (χ1) is 9.40. The van der Waals surface area contributed by atoms with Crippen molar-refractivity contribution in [2.45, 2.75) is 41.0 Å². The molecule has 1 nitrogen and oxygen atoms in total. The highest BCUT2D eigenvalue weighted by atomic mass is 16.1. The average Bonchev–Trinajstić information content (AvgIpc) is 2.36. The molecular formula is C19H22O. The van der Waals surface area contributed by atoms with Gasteiger partial charge in [-0.15, -0.1) is 0 Å². The van der Waals surface area contributed by atoms with Gasteiger partial charge in [-0.1, -0.05) is 35.9 Å². The van der Waals surface area contributed by atoms with Gasteiger partial charge < -0.3 is 0 Å². The lowest BCUT2D eigenvalue weighted by Gasteiger charge is -2.14. The molecule has 0 aromatic heterocycles. The van der Waals surface area contributed by atoms with Gasteiger partial charge in [0.2, 0.25) is 0 Å². The summed E-state index contributed by atoms with van der Waals surface area (Å²) in [6, 6.07) is 10.3. The maximum atomic E-state index is 12.7. The SMILES string of the molecule is Cc1cccc(CC(=O)c2c(C)c(C)cc(C)c2C)c1. The molecule has 2 aromatic rings. The van der Waals surface area contributed by atoms with Crippen LogP contribution in [0.4, 0.5) is 0 Å². The number of hydrogen-bond donors (Lipinski definition) is 0. The number of carbonyl (C=O) groups is 1. The molecule has 0 N–H and O–H groups in total. The van der Waals surface area contributed by atoms with Crippen molar-refractivity contribution < 1.29 is 4.79 Å². The summed E-state index contributed by atoms with van der Waals surface area (Å²) < 4.78 is 0. The first kappa shape index (κ1) is 14.5. The summed E-state index contributed by atoms with van der Waals surface area (Å²) in [5.41, 5.74) is 7.82. The van der Waals surface area contributed by atoms with E-state index >= 15 is 0 Å². The molecule has 0 amide bonds. The summed E-state index contributed by atoms with van der Waals surface area (Å²) in [5, 5.41) is 0. The summed E-state index contributed by atoms with van der Waals surface area (Å²) in [4.78, 5) is 12.7. The molecule has 0 atom stereocenters. The number of hydrogen-bond acceptors (Lipinski definition) is 1. The molecule has 0 fully saturated rings. The van der Waals surface area contributed by atoms with Crippen LogP contribution < -0.4 is 0 Å². The van der Waals surface area contributed by atoms with Gasteiger partial charge in [-0.25, -0.2) is 0 Å². The maximum Gasteiger partial charge on any atom is 0.167 e. The highest BCUT2D eigenvalue weighted by Crippen LogP contribution is 2.23. The lowest BCUT2D eigenvalue weighted by molar-refractivity contribution is 0.0991. The summed E-state index contributed by atoms with van der Waals surface area (Å²) in [7, 11) is 0. The normalized spacial score (nSPS) is 10.7. The van der Waals surface area contributed by atoms with Crippen LogP contribution in [0, 0.1) is 34.6 Å². The molecule has 0 aliphatic heterocycles. The van der Waals surface area contributed by atoms with E-state index < -0.39 is 0 Å². The Morgan fingerprint density at radius 1 is 0.900 bits per heavy atom.